The molecule has 3 aliphatic heterocycles. The average Bonchev–Trinajstić information content (AvgIpc) is 3.42. The van der Waals surface area contributed by atoms with E-state index in [-0.39, 0.29) is 12.1 Å². The maximum absolute atomic E-state index is 2.79. The van der Waals surface area contributed by atoms with Crippen LogP contribution in [0, 0.1) is 0 Å². The minimum Gasteiger partial charge on any atom is -0.338 e. The van der Waals surface area contributed by atoms with Crippen LogP contribution in [0.15, 0.2) is 96.5 Å². The number of anilines is 4. The molecule has 4 aromatic carbocycles. The molecule has 2 nitrogen and oxygen atoms in total. The first-order valence-electron chi connectivity index (χ1n) is 14.4. The van der Waals surface area contributed by atoms with Crippen molar-refractivity contribution in [2.75, 3.05) is 9.80 Å². The van der Waals surface area contributed by atoms with Gasteiger partial charge in [0, 0.05) is 51.4 Å². The topological polar surface area (TPSA) is 6.48 Å². The Bertz CT molecular complexity index is 1680. The largest absolute Gasteiger partial charge is 0.338 e. The molecule has 0 radical (unpaired) electrons. The number of para-hydroxylation sites is 2. The van der Waals surface area contributed by atoms with Crippen molar-refractivity contribution in [3.8, 4) is 0 Å². The Morgan fingerprint density at radius 1 is 0.763 bits per heavy atom. The van der Waals surface area contributed by atoms with Crippen molar-refractivity contribution in [3.05, 3.63) is 113 Å². The van der Waals surface area contributed by atoms with Crippen LogP contribution in [-0.4, -0.2) is 12.8 Å². The van der Waals surface area contributed by atoms with E-state index in [1.807, 2.05) is 0 Å². The highest BCUT2D eigenvalue weighted by Gasteiger charge is 2.55. The summed E-state index contributed by atoms with van der Waals surface area (Å²) in [4.78, 5) is 5.37. The third-order valence-corrected chi connectivity index (χ3v) is 10.3. The predicted molar refractivity (Wildman–Crippen MR) is 160 cm³/mol. The number of nitrogens with zero attached hydrogens (tertiary/aromatic N) is 2. The molecule has 0 aromatic heterocycles. The van der Waals surface area contributed by atoms with Gasteiger partial charge in [0.2, 0.25) is 6.71 Å². The standard InChI is InChI=1S/C35H31BN2/c1-35(2)26-17-8-6-15-25(26)33-34(35)36-27-18-10-16-24-23-14-7-9-19-28(23)38(32(24)27)30-21-11-20-29(31(30)36)37(33)22-12-4-3-5-13-22/h3-6,8,10-13,15-18,20-21,23,28H,7,9,14,19H2,1-2H3. The van der Waals surface area contributed by atoms with Crippen LogP contribution < -0.4 is 20.7 Å². The number of rotatable bonds is 1. The van der Waals surface area contributed by atoms with Gasteiger partial charge in [-0.1, -0.05) is 98.9 Å². The number of allylic oxidation sites excluding steroid dienone is 1. The molecule has 2 aliphatic carbocycles. The molecule has 9 rings (SSSR count). The maximum Gasteiger partial charge on any atom is 0.248 e. The summed E-state index contributed by atoms with van der Waals surface area (Å²) in [6.45, 7) is 5.19. The van der Waals surface area contributed by atoms with Crippen molar-refractivity contribution in [1.29, 1.82) is 0 Å². The molecule has 1 saturated carbocycles. The fraction of sp³-hybridized carbons (Fsp3) is 0.257. The molecule has 0 bridgehead atoms. The Kier molecular flexibility index (Phi) is 4.04. The van der Waals surface area contributed by atoms with E-state index in [1.54, 1.807) is 11.0 Å². The summed E-state index contributed by atoms with van der Waals surface area (Å²) in [5.41, 5.74) is 15.9. The first-order valence-corrected chi connectivity index (χ1v) is 14.4. The quantitative estimate of drug-likeness (QED) is 0.261. The van der Waals surface area contributed by atoms with Crippen molar-refractivity contribution in [1.82, 2.24) is 0 Å². The predicted octanol–water partition coefficient (Wildman–Crippen LogP) is 7.18. The molecular weight excluding hydrogens is 459 g/mol. The second-order valence-electron chi connectivity index (χ2n) is 12.4. The molecule has 4 aromatic rings. The van der Waals surface area contributed by atoms with Gasteiger partial charge in [-0.3, -0.25) is 0 Å². The second kappa shape index (κ2) is 7.23. The van der Waals surface area contributed by atoms with Crippen LogP contribution >= 0.6 is 0 Å². The summed E-state index contributed by atoms with van der Waals surface area (Å²) >= 11 is 0. The van der Waals surface area contributed by atoms with Crippen molar-refractivity contribution in [3.63, 3.8) is 0 Å². The summed E-state index contributed by atoms with van der Waals surface area (Å²) in [6.07, 6.45) is 5.31. The minimum atomic E-state index is -0.0648. The third-order valence-electron chi connectivity index (χ3n) is 10.3. The molecule has 0 spiro atoms. The molecule has 2 atom stereocenters. The zero-order valence-corrected chi connectivity index (χ0v) is 22.1. The Morgan fingerprint density at radius 3 is 2.42 bits per heavy atom. The number of benzene rings is 4. The highest BCUT2D eigenvalue weighted by Crippen LogP contribution is 2.58. The zero-order chi connectivity index (χ0) is 25.2. The van der Waals surface area contributed by atoms with Gasteiger partial charge in [-0.05, 0) is 59.2 Å². The highest BCUT2D eigenvalue weighted by atomic mass is 15.2. The minimum absolute atomic E-state index is 0.0648. The Labute approximate surface area is 225 Å². The van der Waals surface area contributed by atoms with E-state index in [2.05, 4.69) is 115 Å². The molecular formula is C35H31BN2. The van der Waals surface area contributed by atoms with Crippen LogP contribution in [0.5, 0.6) is 0 Å². The fourth-order valence-corrected chi connectivity index (χ4v) is 8.86. The molecule has 1 fully saturated rings. The van der Waals surface area contributed by atoms with Gasteiger partial charge >= 0.3 is 0 Å². The van der Waals surface area contributed by atoms with Crippen molar-refractivity contribution in [2.45, 2.75) is 56.9 Å². The summed E-state index contributed by atoms with van der Waals surface area (Å²) in [5.74, 6) is 0.655. The van der Waals surface area contributed by atoms with E-state index in [0.29, 0.717) is 12.0 Å². The lowest BCUT2D eigenvalue weighted by molar-refractivity contribution is 0.402. The van der Waals surface area contributed by atoms with Gasteiger partial charge in [0.15, 0.2) is 0 Å². The molecule has 38 heavy (non-hydrogen) atoms. The van der Waals surface area contributed by atoms with Crippen molar-refractivity contribution < 1.29 is 0 Å². The third kappa shape index (κ3) is 2.42. The molecule has 184 valence electrons. The van der Waals surface area contributed by atoms with Gasteiger partial charge in [0.05, 0.1) is 0 Å². The van der Waals surface area contributed by atoms with Crippen LogP contribution in [0.2, 0.25) is 0 Å². The van der Waals surface area contributed by atoms with E-state index in [0.717, 1.165) is 0 Å². The van der Waals surface area contributed by atoms with Crippen LogP contribution in [0.4, 0.5) is 22.7 Å². The summed E-state index contributed by atoms with van der Waals surface area (Å²) in [5, 5.41) is 0. The van der Waals surface area contributed by atoms with Crippen LogP contribution in [0.3, 0.4) is 0 Å². The van der Waals surface area contributed by atoms with Crippen LogP contribution in [-0.2, 0) is 5.41 Å². The van der Waals surface area contributed by atoms with Gasteiger partial charge in [-0.25, -0.2) is 0 Å². The Morgan fingerprint density at radius 2 is 1.53 bits per heavy atom. The highest BCUT2D eigenvalue weighted by molar-refractivity contribution is 6.96. The fourth-order valence-electron chi connectivity index (χ4n) is 8.86. The Hall–Kier alpha value is -3.72. The van der Waals surface area contributed by atoms with Gasteiger partial charge in [-0.15, -0.1) is 0 Å². The molecule has 2 unspecified atom stereocenters. The molecule has 3 heteroatoms. The van der Waals surface area contributed by atoms with Gasteiger partial charge in [-0.2, -0.15) is 0 Å². The Balaban J connectivity index is 1.42. The SMILES string of the molecule is CC1(C)C2=C(c3ccccc31)N(c1ccccc1)c1cccc3c1B2c1cccc2c1N3C1CCCCC21. The average molecular weight is 490 g/mol. The van der Waals surface area contributed by atoms with E-state index in [1.165, 1.54) is 76.2 Å². The monoisotopic (exact) mass is 490 g/mol. The van der Waals surface area contributed by atoms with Crippen LogP contribution in [0.1, 0.15) is 62.1 Å². The molecule has 0 N–H and O–H groups in total. The molecule has 3 heterocycles. The van der Waals surface area contributed by atoms with Gasteiger partial charge < -0.3 is 9.80 Å². The summed E-state index contributed by atoms with van der Waals surface area (Å²) < 4.78 is 0. The van der Waals surface area contributed by atoms with Gasteiger partial charge in [0.1, 0.15) is 0 Å². The van der Waals surface area contributed by atoms with Crippen molar-refractivity contribution >= 4 is 46.1 Å². The second-order valence-corrected chi connectivity index (χ2v) is 12.4. The molecule has 5 aliphatic rings. The van der Waals surface area contributed by atoms with E-state index in [4.69, 9.17) is 0 Å². The summed E-state index contributed by atoms with van der Waals surface area (Å²) in [7, 11) is 0. The first-order chi connectivity index (χ1) is 18.7. The smallest absolute Gasteiger partial charge is 0.248 e. The lowest BCUT2D eigenvalue weighted by atomic mass is 9.30. The zero-order valence-electron chi connectivity index (χ0n) is 22.1. The van der Waals surface area contributed by atoms with E-state index in [9.17, 15) is 0 Å². The van der Waals surface area contributed by atoms with Crippen molar-refractivity contribution in [2.24, 2.45) is 0 Å². The van der Waals surface area contributed by atoms with Crippen LogP contribution in [0.25, 0.3) is 5.70 Å². The normalized spacial score (nSPS) is 23.1. The van der Waals surface area contributed by atoms with E-state index >= 15 is 0 Å². The molecule has 0 amide bonds. The lowest BCUT2D eigenvalue weighted by Crippen LogP contribution is -2.58. The number of hydrogen-bond acceptors (Lipinski definition) is 2. The number of hydrogen-bond donors (Lipinski definition) is 0. The lowest BCUT2D eigenvalue weighted by Gasteiger charge is -2.46. The number of fused-ring (bicyclic) bond motifs is 8. The first kappa shape index (κ1) is 21.2. The summed E-state index contributed by atoms with van der Waals surface area (Å²) in [6, 6.07) is 35.1. The van der Waals surface area contributed by atoms with Gasteiger partial charge in [0.25, 0.3) is 0 Å². The molecule has 0 saturated heterocycles. The maximum atomic E-state index is 2.79. The van der Waals surface area contributed by atoms with E-state index < -0.39 is 0 Å².